The van der Waals surface area contributed by atoms with E-state index < -0.39 is 5.60 Å². The molecule has 2 heterocycles. The van der Waals surface area contributed by atoms with E-state index in [1.165, 1.54) is 6.26 Å². The van der Waals surface area contributed by atoms with Crippen LogP contribution in [0.25, 0.3) is 0 Å². The Morgan fingerprint density at radius 1 is 1.67 bits per heavy atom. The minimum atomic E-state index is -1.19. The third-order valence-corrected chi connectivity index (χ3v) is 3.37. The minimum absolute atomic E-state index is 0.0569. The first-order valence-corrected chi connectivity index (χ1v) is 6.16. The third-order valence-electron chi connectivity index (χ3n) is 3.37. The van der Waals surface area contributed by atoms with Crippen molar-refractivity contribution < 1.29 is 19.1 Å². The molecule has 0 bridgehead atoms. The lowest BCUT2D eigenvalue weighted by Gasteiger charge is -2.22. The zero-order chi connectivity index (χ0) is 13.2. The molecule has 3 unspecified atom stereocenters. The SMILES string of the molecule is CC1OCCC1C(=O)NCC(C)(O)c1ccco1. The van der Waals surface area contributed by atoms with E-state index in [1.54, 1.807) is 19.1 Å². The first-order chi connectivity index (χ1) is 8.50. The highest BCUT2D eigenvalue weighted by molar-refractivity contribution is 5.79. The van der Waals surface area contributed by atoms with E-state index in [1.807, 2.05) is 6.92 Å². The lowest BCUT2D eigenvalue weighted by Crippen LogP contribution is -2.42. The van der Waals surface area contributed by atoms with Crippen LogP contribution in [0.5, 0.6) is 0 Å². The van der Waals surface area contributed by atoms with Gasteiger partial charge in [0.05, 0.1) is 24.8 Å². The summed E-state index contributed by atoms with van der Waals surface area (Å²) in [5, 5.41) is 12.9. The first kappa shape index (κ1) is 13.1. The molecule has 0 spiro atoms. The van der Waals surface area contributed by atoms with E-state index in [-0.39, 0.29) is 24.5 Å². The van der Waals surface area contributed by atoms with Crippen molar-refractivity contribution in [3.63, 3.8) is 0 Å². The third kappa shape index (κ3) is 2.73. The zero-order valence-corrected chi connectivity index (χ0v) is 10.7. The number of ether oxygens (including phenoxy) is 1. The van der Waals surface area contributed by atoms with Crippen molar-refractivity contribution in [2.24, 2.45) is 5.92 Å². The maximum Gasteiger partial charge on any atom is 0.225 e. The number of nitrogens with one attached hydrogen (secondary N) is 1. The highest BCUT2D eigenvalue weighted by Gasteiger charge is 2.33. The van der Waals surface area contributed by atoms with Gasteiger partial charge in [-0.3, -0.25) is 4.79 Å². The largest absolute Gasteiger partial charge is 0.466 e. The van der Waals surface area contributed by atoms with E-state index in [2.05, 4.69) is 5.32 Å². The normalized spacial score (nSPS) is 26.8. The van der Waals surface area contributed by atoms with Crippen LogP contribution in [0.4, 0.5) is 0 Å². The van der Waals surface area contributed by atoms with Crippen LogP contribution in [0.15, 0.2) is 22.8 Å². The molecule has 5 heteroatoms. The highest BCUT2D eigenvalue weighted by Crippen LogP contribution is 2.22. The van der Waals surface area contributed by atoms with E-state index in [0.29, 0.717) is 12.4 Å². The molecule has 100 valence electrons. The molecule has 1 aliphatic heterocycles. The van der Waals surface area contributed by atoms with Gasteiger partial charge in [0.25, 0.3) is 0 Å². The van der Waals surface area contributed by atoms with E-state index in [4.69, 9.17) is 9.15 Å². The fourth-order valence-electron chi connectivity index (χ4n) is 2.14. The van der Waals surface area contributed by atoms with Gasteiger partial charge < -0.3 is 19.6 Å². The highest BCUT2D eigenvalue weighted by atomic mass is 16.5. The smallest absolute Gasteiger partial charge is 0.225 e. The van der Waals surface area contributed by atoms with Gasteiger partial charge >= 0.3 is 0 Å². The summed E-state index contributed by atoms with van der Waals surface area (Å²) in [6.07, 6.45) is 2.17. The second-order valence-corrected chi connectivity index (χ2v) is 4.94. The molecule has 3 atom stereocenters. The molecule has 0 radical (unpaired) electrons. The van der Waals surface area contributed by atoms with Crippen LogP contribution in [-0.4, -0.2) is 30.3 Å². The average Bonchev–Trinajstić information content (AvgIpc) is 2.96. The lowest BCUT2D eigenvalue weighted by molar-refractivity contribution is -0.127. The van der Waals surface area contributed by atoms with Gasteiger partial charge in [0.1, 0.15) is 11.4 Å². The molecule has 18 heavy (non-hydrogen) atoms. The Hall–Kier alpha value is -1.33. The molecule has 1 aromatic heterocycles. The zero-order valence-electron chi connectivity index (χ0n) is 10.7. The fourth-order valence-corrected chi connectivity index (χ4v) is 2.14. The number of aliphatic hydroxyl groups is 1. The summed E-state index contributed by atoms with van der Waals surface area (Å²) in [4.78, 5) is 11.9. The Kier molecular flexibility index (Phi) is 3.73. The Morgan fingerprint density at radius 3 is 3.00 bits per heavy atom. The number of rotatable bonds is 4. The predicted molar refractivity (Wildman–Crippen MR) is 64.8 cm³/mol. The maximum atomic E-state index is 11.9. The van der Waals surface area contributed by atoms with Crippen LogP contribution < -0.4 is 5.32 Å². The van der Waals surface area contributed by atoms with Gasteiger partial charge in [-0.1, -0.05) is 0 Å². The second kappa shape index (κ2) is 5.12. The van der Waals surface area contributed by atoms with Gasteiger partial charge in [-0.25, -0.2) is 0 Å². The molecular formula is C13H19NO4. The van der Waals surface area contributed by atoms with Crippen molar-refractivity contribution in [3.8, 4) is 0 Å². The number of carbonyl (C=O) groups is 1. The summed E-state index contributed by atoms with van der Waals surface area (Å²) in [6.45, 7) is 4.25. The van der Waals surface area contributed by atoms with E-state index >= 15 is 0 Å². The van der Waals surface area contributed by atoms with Crippen molar-refractivity contribution in [3.05, 3.63) is 24.2 Å². The predicted octanol–water partition coefficient (Wildman–Crippen LogP) is 1.03. The van der Waals surface area contributed by atoms with Crippen molar-refractivity contribution >= 4 is 5.91 Å². The number of furan rings is 1. The van der Waals surface area contributed by atoms with Crippen molar-refractivity contribution in [1.82, 2.24) is 5.32 Å². The molecule has 0 aliphatic carbocycles. The summed E-state index contributed by atoms with van der Waals surface area (Å²) in [5.41, 5.74) is -1.19. The molecule has 5 nitrogen and oxygen atoms in total. The number of hydrogen-bond donors (Lipinski definition) is 2. The van der Waals surface area contributed by atoms with Gasteiger partial charge in [-0.2, -0.15) is 0 Å². The standard InChI is InChI=1S/C13H19NO4/c1-9-10(5-7-17-9)12(15)14-8-13(2,16)11-4-3-6-18-11/h3-4,6,9-10,16H,5,7-8H2,1-2H3,(H,14,15). The molecule has 1 amide bonds. The first-order valence-electron chi connectivity index (χ1n) is 6.16. The molecule has 0 aromatic carbocycles. The van der Waals surface area contributed by atoms with Crippen LogP contribution in [0.2, 0.25) is 0 Å². The summed E-state index contributed by atoms with van der Waals surface area (Å²) in [6, 6.07) is 3.39. The van der Waals surface area contributed by atoms with E-state index in [9.17, 15) is 9.90 Å². The molecule has 1 aromatic rings. The monoisotopic (exact) mass is 253 g/mol. The maximum absolute atomic E-state index is 11.9. The molecule has 1 aliphatic rings. The molecule has 2 rings (SSSR count). The lowest BCUT2D eigenvalue weighted by atomic mass is 10.00. The summed E-state index contributed by atoms with van der Waals surface area (Å²) in [5.74, 6) is 0.239. The van der Waals surface area contributed by atoms with Gasteiger partial charge in [0.15, 0.2) is 0 Å². The number of hydrogen-bond acceptors (Lipinski definition) is 4. The van der Waals surface area contributed by atoms with Crippen LogP contribution in [-0.2, 0) is 15.1 Å². The van der Waals surface area contributed by atoms with Crippen LogP contribution >= 0.6 is 0 Å². The number of carbonyl (C=O) groups excluding carboxylic acids is 1. The van der Waals surface area contributed by atoms with Crippen LogP contribution in [0, 0.1) is 5.92 Å². The molecule has 1 saturated heterocycles. The second-order valence-electron chi connectivity index (χ2n) is 4.94. The Labute approximate surface area is 106 Å². The molecule has 1 fully saturated rings. The van der Waals surface area contributed by atoms with Crippen LogP contribution in [0.3, 0.4) is 0 Å². The Balaban J connectivity index is 1.89. The minimum Gasteiger partial charge on any atom is -0.466 e. The summed E-state index contributed by atoms with van der Waals surface area (Å²) >= 11 is 0. The molecule has 2 N–H and O–H groups in total. The Morgan fingerprint density at radius 2 is 2.44 bits per heavy atom. The van der Waals surface area contributed by atoms with Crippen LogP contribution in [0.1, 0.15) is 26.0 Å². The van der Waals surface area contributed by atoms with Crippen molar-refractivity contribution in [2.45, 2.75) is 32.0 Å². The summed E-state index contributed by atoms with van der Waals surface area (Å²) in [7, 11) is 0. The van der Waals surface area contributed by atoms with Gasteiger partial charge in [0, 0.05) is 6.61 Å². The summed E-state index contributed by atoms with van der Waals surface area (Å²) < 4.78 is 10.5. The number of amides is 1. The fraction of sp³-hybridized carbons (Fsp3) is 0.615. The topological polar surface area (TPSA) is 71.7 Å². The molecule has 0 saturated carbocycles. The van der Waals surface area contributed by atoms with E-state index in [0.717, 1.165) is 6.42 Å². The van der Waals surface area contributed by atoms with Gasteiger partial charge in [-0.15, -0.1) is 0 Å². The quantitative estimate of drug-likeness (QED) is 0.840. The average molecular weight is 253 g/mol. The Bertz CT molecular complexity index is 399. The molecular weight excluding hydrogens is 234 g/mol. The van der Waals surface area contributed by atoms with Gasteiger partial charge in [-0.05, 0) is 32.4 Å². The van der Waals surface area contributed by atoms with Gasteiger partial charge in [0.2, 0.25) is 5.91 Å². The van der Waals surface area contributed by atoms with Crippen molar-refractivity contribution in [1.29, 1.82) is 0 Å². The van der Waals surface area contributed by atoms with Crippen molar-refractivity contribution in [2.75, 3.05) is 13.2 Å².